The maximum Gasteiger partial charge on any atom is 0.347 e. The number of aliphatic hydroxyl groups excluding tert-OH is 1. The van der Waals surface area contributed by atoms with Crippen LogP contribution in [0.5, 0.6) is 0 Å². The van der Waals surface area contributed by atoms with Crippen molar-refractivity contribution in [3.63, 3.8) is 0 Å². The molecule has 3 aromatic rings. The lowest BCUT2D eigenvalue weighted by Crippen LogP contribution is -2.35. The molecule has 0 spiro atoms. The molecule has 0 radical (unpaired) electrons. The first kappa shape index (κ1) is 43.3. The summed E-state index contributed by atoms with van der Waals surface area (Å²) in [6.07, 6.45) is -0.436. The second-order valence-electron chi connectivity index (χ2n) is 10.1. The van der Waals surface area contributed by atoms with E-state index in [0.29, 0.717) is 11.1 Å². The van der Waals surface area contributed by atoms with Crippen molar-refractivity contribution in [2.24, 2.45) is 5.73 Å². The zero-order valence-electron chi connectivity index (χ0n) is 28.5. The van der Waals surface area contributed by atoms with Crippen molar-refractivity contribution in [1.82, 2.24) is 10.6 Å². The molecule has 274 valence electrons. The molecule has 0 fully saturated rings. The monoisotopic (exact) mass is 727 g/mol. The molecule has 0 saturated carbocycles. The normalized spacial score (nSPS) is 13.9. The summed E-state index contributed by atoms with van der Waals surface area (Å²) in [5.41, 5.74) is 7.32. The van der Waals surface area contributed by atoms with Gasteiger partial charge in [-0.1, -0.05) is 91.0 Å². The van der Waals surface area contributed by atoms with Gasteiger partial charge in [-0.2, -0.15) is 0 Å². The molecule has 0 saturated heterocycles. The number of hydrogen-bond acceptors (Lipinski definition) is 12. The van der Waals surface area contributed by atoms with Gasteiger partial charge < -0.3 is 40.4 Å². The van der Waals surface area contributed by atoms with E-state index in [1.54, 1.807) is 80.6 Å². The summed E-state index contributed by atoms with van der Waals surface area (Å²) in [6.45, 7) is 3.64. The van der Waals surface area contributed by atoms with Gasteiger partial charge in [0.25, 0.3) is 5.91 Å². The molecule has 5 N–H and O–H groups in total. The third kappa shape index (κ3) is 13.6. The number of nitrogens with two attached hydrogens (primary N) is 1. The van der Waals surface area contributed by atoms with Crippen LogP contribution in [0.15, 0.2) is 102 Å². The maximum atomic E-state index is 11.7. The van der Waals surface area contributed by atoms with Crippen LogP contribution >= 0.6 is 12.4 Å². The van der Waals surface area contributed by atoms with Gasteiger partial charge >= 0.3 is 23.9 Å². The quantitative estimate of drug-likeness (QED) is 0.0969. The first-order valence-electron chi connectivity index (χ1n) is 15.4. The Balaban J connectivity index is 0.000000390. The van der Waals surface area contributed by atoms with Crippen molar-refractivity contribution >= 4 is 48.1 Å². The van der Waals surface area contributed by atoms with Crippen LogP contribution in [0, 0.1) is 0 Å². The Morgan fingerprint density at radius 3 is 1.76 bits per heavy atom. The Hall–Kier alpha value is -5.73. The van der Waals surface area contributed by atoms with E-state index < -0.39 is 60.2 Å². The third-order valence-corrected chi connectivity index (χ3v) is 6.74. The number of carbonyl (C=O) groups is 6. The Morgan fingerprint density at radius 1 is 0.784 bits per heavy atom. The van der Waals surface area contributed by atoms with E-state index in [1.807, 2.05) is 24.3 Å². The van der Waals surface area contributed by atoms with E-state index in [0.717, 1.165) is 5.56 Å². The number of ether oxygens (including phenoxy) is 4. The fourth-order valence-electron chi connectivity index (χ4n) is 4.34. The fraction of sp³-hybridized carbons (Fsp3) is 0.278. The largest absolute Gasteiger partial charge is 0.509 e. The SMILES string of the molecule is CCOC(=O)C1=C(O)[C@H](c2ccccc2)NC1=O.CCOC(=O)CC(=O)N[C@H](C(=O)OC)c1ccccc1.COC(=O)[C@@H](N)c1ccccc1.Cl. The first-order chi connectivity index (χ1) is 24.0. The minimum absolute atomic E-state index is 0. The van der Waals surface area contributed by atoms with Crippen LogP contribution in [0.4, 0.5) is 0 Å². The van der Waals surface area contributed by atoms with Gasteiger partial charge in [0.05, 0.1) is 27.4 Å². The standard InChI is InChI=1S/C14H17NO5.C13H13NO4.C9H11NO2.ClH/c1-3-20-12(17)9-11(16)15-13(14(18)19-2)10-7-5-4-6-8-10;1-2-18-13(17)9-11(15)10(14-12(9)16)8-6-4-3-5-7-8;1-12-9(11)8(10)7-5-3-2-4-6-7;/h4-8,13H,3,9H2,1-2H3,(H,15,16);3-7,10,15H,2H2,1H3,(H,14,16);2-6,8H,10H2,1H3;1H/t13-;10-;8-;/m000./s1. The van der Waals surface area contributed by atoms with Gasteiger partial charge in [-0.05, 0) is 30.5 Å². The average Bonchev–Trinajstić information content (AvgIpc) is 3.44. The molecule has 51 heavy (non-hydrogen) atoms. The lowest BCUT2D eigenvalue weighted by atomic mass is 10.1. The molecule has 3 atom stereocenters. The molecule has 15 heteroatoms. The molecule has 0 unspecified atom stereocenters. The number of rotatable bonds is 11. The molecule has 1 aliphatic heterocycles. The third-order valence-electron chi connectivity index (χ3n) is 6.74. The highest BCUT2D eigenvalue weighted by molar-refractivity contribution is 6.18. The van der Waals surface area contributed by atoms with Gasteiger partial charge in [-0.3, -0.25) is 19.2 Å². The van der Waals surface area contributed by atoms with Crippen molar-refractivity contribution in [2.45, 2.75) is 38.4 Å². The smallest absolute Gasteiger partial charge is 0.347 e. The Kier molecular flexibility index (Phi) is 19.4. The van der Waals surface area contributed by atoms with Gasteiger partial charge in [0.2, 0.25) is 5.91 Å². The van der Waals surface area contributed by atoms with E-state index in [1.165, 1.54) is 14.2 Å². The van der Waals surface area contributed by atoms with E-state index in [9.17, 15) is 33.9 Å². The molecule has 1 aliphatic rings. The summed E-state index contributed by atoms with van der Waals surface area (Å²) >= 11 is 0. The summed E-state index contributed by atoms with van der Waals surface area (Å²) < 4.78 is 18.6. The van der Waals surface area contributed by atoms with Gasteiger partial charge in [0.1, 0.15) is 24.3 Å². The van der Waals surface area contributed by atoms with Crippen molar-refractivity contribution in [3.05, 3.63) is 119 Å². The number of methoxy groups -OCH3 is 2. The Labute approximate surface area is 301 Å². The van der Waals surface area contributed by atoms with E-state index in [4.69, 9.17) is 10.5 Å². The minimum Gasteiger partial charge on any atom is -0.509 e. The Bertz CT molecular complexity index is 1620. The number of aliphatic hydroxyl groups is 1. The van der Waals surface area contributed by atoms with Crippen LogP contribution in [0.25, 0.3) is 0 Å². The molecular formula is C36H42ClN3O11. The van der Waals surface area contributed by atoms with Crippen LogP contribution in [0.2, 0.25) is 0 Å². The molecule has 0 aliphatic carbocycles. The number of benzene rings is 3. The van der Waals surface area contributed by atoms with Crippen LogP contribution in [0.3, 0.4) is 0 Å². The second-order valence-corrected chi connectivity index (χ2v) is 10.1. The van der Waals surface area contributed by atoms with Crippen LogP contribution in [-0.4, -0.2) is 68.2 Å². The van der Waals surface area contributed by atoms with Crippen molar-refractivity contribution in [3.8, 4) is 0 Å². The van der Waals surface area contributed by atoms with Crippen LogP contribution in [-0.2, 0) is 47.7 Å². The van der Waals surface area contributed by atoms with Crippen molar-refractivity contribution < 1.29 is 52.8 Å². The molecule has 0 aromatic heterocycles. The summed E-state index contributed by atoms with van der Waals surface area (Å²) in [7, 11) is 2.56. The van der Waals surface area contributed by atoms with Crippen molar-refractivity contribution in [2.75, 3.05) is 27.4 Å². The van der Waals surface area contributed by atoms with Gasteiger partial charge in [-0.15, -0.1) is 12.4 Å². The van der Waals surface area contributed by atoms with Gasteiger partial charge in [-0.25, -0.2) is 9.59 Å². The second kappa shape index (κ2) is 22.8. The van der Waals surface area contributed by atoms with E-state index >= 15 is 0 Å². The summed E-state index contributed by atoms with van der Waals surface area (Å²) in [4.78, 5) is 68.8. The molecule has 3 aromatic carbocycles. The number of carbonyl (C=O) groups excluding carboxylic acids is 6. The lowest BCUT2D eigenvalue weighted by Gasteiger charge is -2.16. The fourth-order valence-corrected chi connectivity index (χ4v) is 4.34. The predicted molar refractivity (Wildman–Crippen MR) is 187 cm³/mol. The molecule has 1 heterocycles. The van der Waals surface area contributed by atoms with Gasteiger partial charge in [0, 0.05) is 0 Å². The highest BCUT2D eigenvalue weighted by Crippen LogP contribution is 2.28. The van der Waals surface area contributed by atoms with Crippen LogP contribution < -0.4 is 16.4 Å². The number of nitrogens with one attached hydrogen (secondary N) is 2. The highest BCUT2D eigenvalue weighted by atomic mass is 35.5. The minimum atomic E-state index is -0.942. The number of esters is 4. The van der Waals surface area contributed by atoms with Gasteiger partial charge in [0.15, 0.2) is 11.6 Å². The molecule has 4 rings (SSSR count). The molecular weight excluding hydrogens is 686 g/mol. The number of amides is 2. The molecule has 0 bridgehead atoms. The number of hydrogen-bond donors (Lipinski definition) is 4. The number of halogens is 1. The Morgan fingerprint density at radius 2 is 1.27 bits per heavy atom. The van der Waals surface area contributed by atoms with Crippen molar-refractivity contribution in [1.29, 1.82) is 0 Å². The first-order valence-corrected chi connectivity index (χ1v) is 15.4. The summed E-state index contributed by atoms with van der Waals surface area (Å²) in [5, 5.41) is 15.0. The maximum absolute atomic E-state index is 11.7. The molecule has 14 nitrogen and oxygen atoms in total. The summed E-state index contributed by atoms with van der Waals surface area (Å²) in [6, 6.07) is 24.4. The lowest BCUT2D eigenvalue weighted by molar-refractivity contribution is -0.149. The zero-order valence-corrected chi connectivity index (χ0v) is 29.3. The van der Waals surface area contributed by atoms with Crippen LogP contribution in [0.1, 0.15) is 55.1 Å². The molecule has 2 amide bonds. The topological polar surface area (TPSA) is 210 Å². The predicted octanol–water partition coefficient (Wildman–Crippen LogP) is 3.48. The van der Waals surface area contributed by atoms with E-state index in [-0.39, 0.29) is 37.0 Å². The summed E-state index contributed by atoms with van der Waals surface area (Å²) in [5.74, 6) is -3.95. The average molecular weight is 728 g/mol. The highest BCUT2D eigenvalue weighted by Gasteiger charge is 2.37. The van der Waals surface area contributed by atoms with E-state index in [2.05, 4.69) is 24.8 Å². The zero-order chi connectivity index (χ0) is 37.1.